The SMILES string of the molecule is CN(Cc1ccccc1F)C(=O)COc1ccc2c(c1)CCC(=O)N2. The average molecular weight is 342 g/mol. The Kier molecular flexibility index (Phi) is 4.97. The predicted octanol–water partition coefficient (Wildman–Crippen LogP) is 2.75. The molecule has 0 radical (unpaired) electrons. The summed E-state index contributed by atoms with van der Waals surface area (Å²) in [5.74, 6) is 0.00253. The summed E-state index contributed by atoms with van der Waals surface area (Å²) in [5.41, 5.74) is 2.23. The smallest absolute Gasteiger partial charge is 0.260 e. The molecule has 2 aromatic rings. The zero-order valence-corrected chi connectivity index (χ0v) is 13.9. The number of hydrogen-bond donors (Lipinski definition) is 1. The normalized spacial score (nSPS) is 13.0. The predicted molar refractivity (Wildman–Crippen MR) is 91.8 cm³/mol. The van der Waals surface area contributed by atoms with Crippen LogP contribution in [0.3, 0.4) is 0 Å². The Labute approximate surface area is 145 Å². The number of aryl methyl sites for hydroxylation is 1. The highest BCUT2D eigenvalue weighted by molar-refractivity contribution is 5.94. The average Bonchev–Trinajstić information content (AvgIpc) is 2.61. The third kappa shape index (κ3) is 4.15. The van der Waals surface area contributed by atoms with Gasteiger partial charge in [0.05, 0.1) is 0 Å². The molecular formula is C19H19FN2O3. The summed E-state index contributed by atoms with van der Waals surface area (Å²) in [6.07, 6.45) is 1.10. The molecule has 0 bridgehead atoms. The topological polar surface area (TPSA) is 58.6 Å². The van der Waals surface area contributed by atoms with Crippen molar-refractivity contribution >= 4 is 17.5 Å². The lowest BCUT2D eigenvalue weighted by Crippen LogP contribution is -2.31. The summed E-state index contributed by atoms with van der Waals surface area (Å²) in [6, 6.07) is 11.7. The van der Waals surface area contributed by atoms with Crippen molar-refractivity contribution in [1.82, 2.24) is 4.90 Å². The van der Waals surface area contributed by atoms with Gasteiger partial charge in [0.15, 0.2) is 6.61 Å². The van der Waals surface area contributed by atoms with Crippen LogP contribution in [0.2, 0.25) is 0 Å². The molecule has 0 atom stereocenters. The zero-order valence-electron chi connectivity index (χ0n) is 13.9. The first-order valence-corrected chi connectivity index (χ1v) is 8.06. The van der Waals surface area contributed by atoms with Gasteiger partial charge in [0.2, 0.25) is 5.91 Å². The van der Waals surface area contributed by atoms with Gasteiger partial charge in [-0.25, -0.2) is 4.39 Å². The van der Waals surface area contributed by atoms with Crippen LogP contribution in [0, 0.1) is 5.82 Å². The first-order chi connectivity index (χ1) is 12.0. The summed E-state index contributed by atoms with van der Waals surface area (Å²) < 4.78 is 19.2. The fourth-order valence-corrected chi connectivity index (χ4v) is 2.68. The highest BCUT2D eigenvalue weighted by atomic mass is 19.1. The minimum Gasteiger partial charge on any atom is -0.484 e. The number of halogens is 1. The van der Waals surface area contributed by atoms with Crippen LogP contribution in [0.4, 0.5) is 10.1 Å². The standard InChI is InChI=1S/C19H19FN2O3/c1-22(11-14-4-2-3-5-16(14)20)19(24)12-25-15-7-8-17-13(10-15)6-9-18(23)21-17/h2-5,7-8,10H,6,9,11-12H2,1H3,(H,21,23). The molecule has 6 heteroatoms. The van der Waals surface area contributed by atoms with E-state index in [0.717, 1.165) is 11.3 Å². The molecule has 2 amide bonds. The van der Waals surface area contributed by atoms with Crippen molar-refractivity contribution in [2.24, 2.45) is 0 Å². The molecule has 25 heavy (non-hydrogen) atoms. The molecule has 0 saturated carbocycles. The zero-order chi connectivity index (χ0) is 17.8. The van der Waals surface area contributed by atoms with E-state index in [9.17, 15) is 14.0 Å². The maximum Gasteiger partial charge on any atom is 0.260 e. The Morgan fingerprint density at radius 2 is 2.04 bits per heavy atom. The van der Waals surface area contributed by atoms with Crippen LogP contribution >= 0.6 is 0 Å². The quantitative estimate of drug-likeness (QED) is 0.909. The minimum atomic E-state index is -0.334. The van der Waals surface area contributed by atoms with Crippen molar-refractivity contribution in [2.45, 2.75) is 19.4 Å². The third-order valence-corrected chi connectivity index (χ3v) is 4.13. The second-order valence-corrected chi connectivity index (χ2v) is 6.00. The van der Waals surface area contributed by atoms with Gasteiger partial charge in [0.1, 0.15) is 11.6 Å². The number of ether oxygens (including phenoxy) is 1. The Balaban J connectivity index is 1.57. The monoisotopic (exact) mass is 342 g/mol. The molecule has 0 aliphatic carbocycles. The lowest BCUT2D eigenvalue weighted by molar-refractivity contribution is -0.132. The molecule has 0 unspecified atom stereocenters. The molecule has 0 saturated heterocycles. The number of likely N-dealkylation sites (N-methyl/N-ethyl adjacent to an activating group) is 1. The Bertz CT molecular complexity index is 807. The van der Waals surface area contributed by atoms with Gasteiger partial charge in [0, 0.05) is 31.3 Å². The van der Waals surface area contributed by atoms with E-state index < -0.39 is 0 Å². The van der Waals surface area contributed by atoms with Crippen molar-refractivity contribution in [1.29, 1.82) is 0 Å². The minimum absolute atomic E-state index is 0.00566. The molecule has 0 fully saturated rings. The van der Waals surface area contributed by atoms with Gasteiger partial charge in [-0.1, -0.05) is 18.2 Å². The van der Waals surface area contributed by atoms with Gasteiger partial charge in [0.25, 0.3) is 5.91 Å². The van der Waals surface area contributed by atoms with Crippen LogP contribution in [-0.2, 0) is 22.6 Å². The molecule has 1 aliphatic heterocycles. The van der Waals surface area contributed by atoms with Crippen molar-refractivity contribution in [3.63, 3.8) is 0 Å². The van der Waals surface area contributed by atoms with E-state index in [1.807, 2.05) is 6.07 Å². The number of benzene rings is 2. The number of anilines is 1. The third-order valence-electron chi connectivity index (χ3n) is 4.13. The highest BCUT2D eigenvalue weighted by Gasteiger charge is 2.16. The van der Waals surface area contributed by atoms with E-state index in [1.54, 1.807) is 37.4 Å². The fourth-order valence-electron chi connectivity index (χ4n) is 2.68. The first-order valence-electron chi connectivity index (χ1n) is 8.06. The van der Waals surface area contributed by atoms with Gasteiger partial charge in [-0.15, -0.1) is 0 Å². The van der Waals surface area contributed by atoms with Crippen LogP contribution in [0.1, 0.15) is 17.5 Å². The molecule has 2 aromatic carbocycles. The van der Waals surface area contributed by atoms with Crippen LogP contribution < -0.4 is 10.1 Å². The van der Waals surface area contributed by atoms with E-state index in [1.165, 1.54) is 11.0 Å². The van der Waals surface area contributed by atoms with Gasteiger partial charge >= 0.3 is 0 Å². The number of rotatable bonds is 5. The summed E-state index contributed by atoms with van der Waals surface area (Å²) in [4.78, 5) is 25.0. The Morgan fingerprint density at radius 3 is 2.84 bits per heavy atom. The summed E-state index contributed by atoms with van der Waals surface area (Å²) in [6.45, 7) is 0.0567. The lowest BCUT2D eigenvalue weighted by atomic mass is 10.0. The number of carbonyl (C=O) groups is 2. The Hall–Kier alpha value is -2.89. The van der Waals surface area contributed by atoms with E-state index in [0.29, 0.717) is 24.2 Å². The van der Waals surface area contributed by atoms with Gasteiger partial charge in [-0.2, -0.15) is 0 Å². The van der Waals surface area contributed by atoms with Gasteiger partial charge in [-0.05, 0) is 36.2 Å². The van der Waals surface area contributed by atoms with Crippen LogP contribution in [0.5, 0.6) is 5.75 Å². The van der Waals surface area contributed by atoms with Crippen molar-refractivity contribution in [2.75, 3.05) is 19.0 Å². The first kappa shape index (κ1) is 17.0. The lowest BCUT2D eigenvalue weighted by Gasteiger charge is -2.19. The van der Waals surface area contributed by atoms with Crippen molar-refractivity contribution < 1.29 is 18.7 Å². The maximum absolute atomic E-state index is 13.7. The summed E-state index contributed by atoms with van der Waals surface area (Å²) in [5, 5.41) is 2.80. The molecule has 130 valence electrons. The molecule has 0 aromatic heterocycles. The van der Waals surface area contributed by atoms with E-state index in [2.05, 4.69) is 5.32 Å². The number of carbonyl (C=O) groups excluding carboxylic acids is 2. The van der Waals surface area contributed by atoms with Crippen molar-refractivity contribution in [3.05, 3.63) is 59.4 Å². The van der Waals surface area contributed by atoms with Crippen molar-refractivity contribution in [3.8, 4) is 5.75 Å². The molecule has 1 N–H and O–H groups in total. The number of nitrogens with zero attached hydrogens (tertiary/aromatic N) is 1. The second-order valence-electron chi connectivity index (χ2n) is 6.00. The molecule has 3 rings (SSSR count). The molecule has 5 nitrogen and oxygen atoms in total. The van der Waals surface area contributed by atoms with Crippen LogP contribution in [-0.4, -0.2) is 30.4 Å². The Morgan fingerprint density at radius 1 is 1.24 bits per heavy atom. The van der Waals surface area contributed by atoms with Gasteiger partial charge < -0.3 is 15.0 Å². The number of hydrogen-bond acceptors (Lipinski definition) is 3. The fraction of sp³-hybridized carbons (Fsp3) is 0.263. The summed E-state index contributed by atoms with van der Waals surface area (Å²) in [7, 11) is 1.61. The molecule has 1 heterocycles. The van der Waals surface area contributed by atoms with Gasteiger partial charge in [-0.3, -0.25) is 9.59 Å². The van der Waals surface area contributed by atoms with E-state index in [4.69, 9.17) is 4.74 Å². The number of fused-ring (bicyclic) bond motifs is 1. The maximum atomic E-state index is 13.7. The highest BCUT2D eigenvalue weighted by Crippen LogP contribution is 2.26. The second kappa shape index (κ2) is 7.34. The van der Waals surface area contributed by atoms with E-state index >= 15 is 0 Å². The number of nitrogens with one attached hydrogen (secondary N) is 1. The summed E-state index contributed by atoms with van der Waals surface area (Å²) >= 11 is 0. The molecular weight excluding hydrogens is 323 g/mol. The largest absolute Gasteiger partial charge is 0.484 e. The van der Waals surface area contributed by atoms with Crippen LogP contribution in [0.15, 0.2) is 42.5 Å². The molecule has 1 aliphatic rings. The molecule has 0 spiro atoms. The number of amides is 2. The van der Waals surface area contributed by atoms with Crippen LogP contribution in [0.25, 0.3) is 0 Å². The van der Waals surface area contributed by atoms with E-state index in [-0.39, 0.29) is 30.8 Å².